The second-order valence-corrected chi connectivity index (χ2v) is 15.5. The number of hydrogen-bond donors (Lipinski definition) is 2. The maximum absolute atomic E-state index is 13.6. The summed E-state index contributed by atoms with van der Waals surface area (Å²) in [7, 11) is -9.65. The number of esters is 1. The lowest BCUT2D eigenvalue weighted by molar-refractivity contribution is -0.134. The Balaban J connectivity index is 1.55. The topological polar surface area (TPSA) is 182 Å². The van der Waals surface area contributed by atoms with Gasteiger partial charge in [0.15, 0.2) is 6.23 Å². The van der Waals surface area contributed by atoms with Gasteiger partial charge in [-0.05, 0) is 43.5 Å². The summed E-state index contributed by atoms with van der Waals surface area (Å²) in [6, 6.07) is 6.31. The van der Waals surface area contributed by atoms with Crippen LogP contribution < -0.4 is 16.0 Å². The van der Waals surface area contributed by atoms with Gasteiger partial charge in [-0.3, -0.25) is 32.7 Å². The highest BCUT2D eigenvalue weighted by Gasteiger charge is 2.39. The summed E-state index contributed by atoms with van der Waals surface area (Å²) in [6.45, 7) is 4.87. The van der Waals surface area contributed by atoms with Crippen LogP contribution in [0.3, 0.4) is 0 Å². The van der Waals surface area contributed by atoms with Crippen molar-refractivity contribution in [1.82, 2.24) is 9.55 Å². The molecule has 2 heterocycles. The van der Waals surface area contributed by atoms with Gasteiger partial charge in [-0.25, -0.2) is 13.9 Å². The SMILES string of the molecule is CCCCCCCCCCCCOP(=O)(OCc1ccc(OC(=O)CCCC)cc1)OP(=O)(O)OC[C@@H]1C=C[C@H](n2cc(C)c(=O)[nH]c2=O)O1. The minimum absolute atomic E-state index is 0.0378. The van der Waals surface area contributed by atoms with Crippen molar-refractivity contribution < 1.29 is 46.2 Å². The number of benzene rings is 1. The Morgan fingerprint density at radius 1 is 0.880 bits per heavy atom. The molecule has 0 amide bonds. The molecule has 14 nitrogen and oxygen atoms in total. The largest absolute Gasteiger partial charge is 0.484 e. The molecule has 1 aromatic carbocycles. The Morgan fingerprint density at radius 2 is 1.52 bits per heavy atom. The van der Waals surface area contributed by atoms with Crippen molar-refractivity contribution in [2.24, 2.45) is 0 Å². The van der Waals surface area contributed by atoms with Gasteiger partial charge in [-0.15, -0.1) is 0 Å². The number of phosphoric acid groups is 2. The zero-order chi connectivity index (χ0) is 36.4. The Kier molecular flexibility index (Phi) is 18.1. The lowest BCUT2D eigenvalue weighted by Crippen LogP contribution is -2.33. The molecule has 50 heavy (non-hydrogen) atoms. The number of unbranched alkanes of at least 4 members (excludes halogenated alkanes) is 10. The van der Waals surface area contributed by atoms with E-state index in [1.54, 1.807) is 24.3 Å². The van der Waals surface area contributed by atoms with E-state index in [1.165, 1.54) is 57.4 Å². The number of aromatic nitrogens is 2. The maximum atomic E-state index is 13.6. The van der Waals surface area contributed by atoms with E-state index in [-0.39, 0.29) is 19.2 Å². The van der Waals surface area contributed by atoms with Gasteiger partial charge in [-0.2, -0.15) is 4.31 Å². The molecule has 1 aliphatic rings. The molecule has 0 bridgehead atoms. The van der Waals surface area contributed by atoms with E-state index < -0.39 is 45.8 Å². The summed E-state index contributed by atoms with van der Waals surface area (Å²) in [6.07, 6.45) is 15.2. The normalized spacial score (nSPS) is 18.2. The lowest BCUT2D eigenvalue weighted by atomic mass is 10.1. The number of rotatable bonds is 25. The number of phosphoric ester groups is 2. The van der Waals surface area contributed by atoms with E-state index in [9.17, 15) is 28.4 Å². The Hall–Kier alpha value is -2.67. The number of carbonyl (C=O) groups is 1. The third kappa shape index (κ3) is 15.3. The van der Waals surface area contributed by atoms with Crippen LogP contribution in [-0.2, 0) is 43.2 Å². The average Bonchev–Trinajstić information content (AvgIpc) is 3.55. The number of H-pyrrole nitrogens is 1. The fourth-order valence-electron chi connectivity index (χ4n) is 5.00. The molecule has 2 unspecified atom stereocenters. The van der Waals surface area contributed by atoms with Crippen LogP contribution in [-0.4, -0.2) is 39.7 Å². The van der Waals surface area contributed by atoms with Gasteiger partial charge in [-0.1, -0.05) is 96.3 Å². The van der Waals surface area contributed by atoms with Crippen LogP contribution in [0.15, 0.2) is 52.2 Å². The van der Waals surface area contributed by atoms with E-state index in [2.05, 4.69) is 11.9 Å². The average molecular weight is 743 g/mol. The van der Waals surface area contributed by atoms with Gasteiger partial charge < -0.3 is 14.4 Å². The monoisotopic (exact) mass is 742 g/mol. The first-order valence-corrected chi connectivity index (χ1v) is 20.4. The van der Waals surface area contributed by atoms with Crippen molar-refractivity contribution in [1.29, 1.82) is 0 Å². The first-order chi connectivity index (χ1) is 23.9. The van der Waals surface area contributed by atoms with Crippen LogP contribution in [0.2, 0.25) is 0 Å². The van der Waals surface area contributed by atoms with Crippen molar-refractivity contribution >= 4 is 21.6 Å². The molecule has 4 atom stereocenters. The first-order valence-electron chi connectivity index (χ1n) is 17.5. The molecule has 1 aromatic heterocycles. The molecule has 1 aliphatic heterocycles. The molecule has 0 spiro atoms. The Labute approximate surface area is 293 Å². The maximum Gasteiger partial charge on any atom is 0.484 e. The molecule has 3 rings (SSSR count). The molecular weight excluding hydrogens is 690 g/mol. The van der Waals surface area contributed by atoms with Crippen molar-refractivity contribution in [2.45, 2.75) is 123 Å². The second kappa shape index (κ2) is 21.6. The number of ether oxygens (including phenoxy) is 2. The predicted molar refractivity (Wildman–Crippen MR) is 188 cm³/mol. The van der Waals surface area contributed by atoms with Crippen molar-refractivity contribution in [3.8, 4) is 5.75 Å². The second-order valence-electron chi connectivity index (χ2n) is 12.2. The Bertz CT molecular complexity index is 1570. The molecule has 0 saturated carbocycles. The quantitative estimate of drug-likeness (QED) is 0.0332. The van der Waals surface area contributed by atoms with Gasteiger partial charge in [0.25, 0.3) is 5.56 Å². The van der Waals surface area contributed by atoms with Crippen molar-refractivity contribution in [3.05, 3.63) is 74.6 Å². The first kappa shape index (κ1) is 41.7. The standard InChI is InChI=1S/C34H52N2O12P2/c1-4-6-8-9-10-11-12-13-14-15-23-43-50(42,45-25-28-17-19-29(20-18-28)47-32(37)16-7-5-2)48-49(40,41)44-26-30-21-22-31(46-30)36-24-27(3)33(38)35-34(36)39/h17-22,24,30-31H,4-16,23,25-26H2,1-3H3,(H,40,41)(H,35,38,39)/t30-,31+,50?/m0/s1. The highest BCUT2D eigenvalue weighted by molar-refractivity contribution is 7.61. The van der Waals surface area contributed by atoms with Gasteiger partial charge in [0.05, 0.1) is 19.8 Å². The van der Waals surface area contributed by atoms with Gasteiger partial charge in [0.2, 0.25) is 0 Å². The number of nitrogens with one attached hydrogen (secondary N) is 1. The van der Waals surface area contributed by atoms with Crippen LogP contribution in [0.25, 0.3) is 0 Å². The van der Waals surface area contributed by atoms with Gasteiger partial charge in [0.1, 0.15) is 11.9 Å². The molecular formula is C34H52N2O12P2. The summed E-state index contributed by atoms with van der Waals surface area (Å²) < 4.78 is 59.9. The minimum atomic E-state index is -5.02. The van der Waals surface area contributed by atoms with E-state index >= 15 is 0 Å². The van der Waals surface area contributed by atoms with E-state index in [4.69, 9.17) is 27.4 Å². The molecule has 2 N–H and O–H groups in total. The molecule has 280 valence electrons. The van der Waals surface area contributed by atoms with Gasteiger partial charge in [0, 0.05) is 18.2 Å². The molecule has 0 radical (unpaired) electrons. The van der Waals surface area contributed by atoms with E-state index in [1.807, 2.05) is 6.92 Å². The fourth-order valence-corrected chi connectivity index (χ4v) is 7.64. The smallest absolute Gasteiger partial charge is 0.427 e. The highest BCUT2D eigenvalue weighted by atomic mass is 31.3. The number of carbonyl (C=O) groups excluding carboxylic acids is 1. The third-order valence-electron chi connectivity index (χ3n) is 7.86. The van der Waals surface area contributed by atoms with Crippen LogP contribution in [0.4, 0.5) is 0 Å². The summed E-state index contributed by atoms with van der Waals surface area (Å²) in [5.41, 5.74) is -0.395. The van der Waals surface area contributed by atoms with Crippen LogP contribution in [0.1, 0.15) is 115 Å². The van der Waals surface area contributed by atoms with Crippen LogP contribution in [0, 0.1) is 6.92 Å². The minimum Gasteiger partial charge on any atom is -0.427 e. The number of aromatic amines is 1. The fraction of sp³-hybridized carbons (Fsp3) is 0.618. The molecule has 0 fully saturated rings. The summed E-state index contributed by atoms with van der Waals surface area (Å²) in [5.74, 6) is -0.00649. The molecule has 0 saturated heterocycles. The molecule has 2 aromatic rings. The van der Waals surface area contributed by atoms with Crippen molar-refractivity contribution in [2.75, 3.05) is 13.2 Å². The van der Waals surface area contributed by atoms with Gasteiger partial charge >= 0.3 is 27.3 Å². The van der Waals surface area contributed by atoms with E-state index in [0.717, 1.165) is 43.1 Å². The van der Waals surface area contributed by atoms with E-state index in [0.29, 0.717) is 29.7 Å². The van der Waals surface area contributed by atoms with Crippen LogP contribution in [0.5, 0.6) is 5.75 Å². The molecule has 0 aliphatic carbocycles. The molecule has 16 heteroatoms. The number of nitrogens with zero attached hydrogens (tertiary/aromatic N) is 1. The third-order valence-corrected chi connectivity index (χ3v) is 10.9. The number of hydrogen-bond acceptors (Lipinski definition) is 11. The summed E-state index contributed by atoms with van der Waals surface area (Å²) >= 11 is 0. The number of aryl methyl sites for hydroxylation is 1. The Morgan fingerprint density at radius 3 is 2.18 bits per heavy atom. The zero-order valence-corrected chi connectivity index (χ0v) is 31.1. The summed E-state index contributed by atoms with van der Waals surface area (Å²) in [5, 5.41) is 0. The predicted octanol–water partition coefficient (Wildman–Crippen LogP) is 7.79. The van der Waals surface area contributed by atoms with Crippen molar-refractivity contribution in [3.63, 3.8) is 0 Å². The zero-order valence-electron chi connectivity index (χ0n) is 29.3. The summed E-state index contributed by atoms with van der Waals surface area (Å²) in [4.78, 5) is 48.5. The highest BCUT2D eigenvalue weighted by Crippen LogP contribution is 2.64. The van der Waals surface area contributed by atoms with Crippen LogP contribution >= 0.6 is 15.6 Å². The lowest BCUT2D eigenvalue weighted by Gasteiger charge is -2.22.